The van der Waals surface area contributed by atoms with E-state index in [0.29, 0.717) is 67.5 Å². The Balaban J connectivity index is 1.02. The summed E-state index contributed by atoms with van der Waals surface area (Å²) in [7, 11) is 2.03. The molecule has 4 aromatic carbocycles. The van der Waals surface area contributed by atoms with Gasteiger partial charge >= 0.3 is 6.09 Å². The zero-order valence-corrected chi connectivity index (χ0v) is 40.4. The highest BCUT2D eigenvalue weighted by molar-refractivity contribution is 6.19. The number of halogens is 1. The monoisotopic (exact) mass is 929 g/mol. The number of likely N-dealkylation sites (N-methyl/N-ethyl adjacent to an activating group) is 1. The lowest BCUT2D eigenvalue weighted by atomic mass is 9.89. The zero-order valence-electron chi connectivity index (χ0n) is 39.7. The van der Waals surface area contributed by atoms with Crippen molar-refractivity contribution in [2.24, 2.45) is 17.8 Å². The molecule has 12 nitrogen and oxygen atoms in total. The van der Waals surface area contributed by atoms with Crippen LogP contribution in [0, 0.1) is 17.8 Å². The minimum Gasteiger partial charge on any atom is -0.409 e. The molecule has 0 unspecified atom stereocenters. The first-order valence-electron chi connectivity index (χ1n) is 23.8. The van der Waals surface area contributed by atoms with Crippen molar-refractivity contribution < 1.29 is 33.5 Å². The number of amides is 3. The number of ketones is 3. The number of piperazine rings is 1. The van der Waals surface area contributed by atoms with Crippen molar-refractivity contribution in [2.45, 2.75) is 91.5 Å². The summed E-state index contributed by atoms with van der Waals surface area (Å²) in [6.45, 7) is 13.0. The molecule has 0 spiro atoms. The van der Waals surface area contributed by atoms with E-state index in [0.717, 1.165) is 57.9 Å². The molecule has 3 atom stereocenters. The fourth-order valence-electron chi connectivity index (χ4n) is 9.48. The van der Waals surface area contributed by atoms with E-state index in [2.05, 4.69) is 15.2 Å². The van der Waals surface area contributed by atoms with Gasteiger partial charge in [-0.2, -0.15) is 0 Å². The zero-order chi connectivity index (χ0) is 47.9. The summed E-state index contributed by atoms with van der Waals surface area (Å²) in [6.07, 6.45) is 2.20. The van der Waals surface area contributed by atoms with Gasteiger partial charge in [0.15, 0.2) is 11.6 Å². The van der Waals surface area contributed by atoms with Crippen LogP contribution in [0.2, 0.25) is 0 Å². The van der Waals surface area contributed by atoms with E-state index in [-0.39, 0.29) is 66.2 Å². The molecule has 1 fully saturated rings. The molecular weight excluding hydrogens is 866 g/mol. The Morgan fingerprint density at radius 3 is 2.18 bits per heavy atom. The number of nitrogens with one attached hydrogen (secondary N) is 2. The number of alkyl halides is 1. The molecule has 2 aliphatic heterocycles. The van der Waals surface area contributed by atoms with E-state index in [1.807, 2.05) is 84.1 Å². The number of rotatable bonds is 19. The third-order valence-corrected chi connectivity index (χ3v) is 13.4. The Hall–Kier alpha value is -5.85. The van der Waals surface area contributed by atoms with Crippen LogP contribution in [-0.4, -0.2) is 102 Å². The molecule has 1 saturated heterocycles. The third-order valence-electron chi connectivity index (χ3n) is 13.0. The molecule has 2 aliphatic rings. The lowest BCUT2D eigenvalue weighted by Crippen LogP contribution is -2.48. The molecule has 2 N–H and O–H groups in total. The largest absolute Gasteiger partial charge is 0.415 e. The SMILES string of the molecule is CCCC(=O)C[C@@H](CC(C)C)C(=O)N[C@@H](CC(C)C)C(=O)Cc1ccc(C(=O)Cc2ccc3[nH]c(C(=O)N4C[C@@H](CCl)c5c4cc(OC(=O)N4CCN(C)CC4)c4ccccc54)cc3c2)cc1. The van der Waals surface area contributed by atoms with Crippen molar-refractivity contribution >= 4 is 74.2 Å². The molecule has 3 heterocycles. The van der Waals surface area contributed by atoms with Crippen LogP contribution in [0.4, 0.5) is 10.5 Å². The topological polar surface area (TPSA) is 149 Å². The summed E-state index contributed by atoms with van der Waals surface area (Å²) in [6, 6.07) is 23.3. The number of H-pyrrole nitrogens is 1. The number of fused-ring (bicyclic) bond motifs is 4. The average Bonchev–Trinajstić information content (AvgIpc) is 3.90. The molecule has 0 aliphatic carbocycles. The van der Waals surface area contributed by atoms with Crippen LogP contribution in [0.3, 0.4) is 0 Å². The molecule has 0 saturated carbocycles. The normalized spacial score (nSPS) is 16.1. The van der Waals surface area contributed by atoms with Gasteiger partial charge in [-0.1, -0.05) is 89.2 Å². The fourth-order valence-corrected chi connectivity index (χ4v) is 9.73. The first-order valence-corrected chi connectivity index (χ1v) is 24.3. The molecule has 5 aromatic rings. The van der Waals surface area contributed by atoms with E-state index >= 15 is 0 Å². The molecule has 13 heteroatoms. The van der Waals surface area contributed by atoms with Gasteiger partial charge in [0.2, 0.25) is 5.91 Å². The number of anilines is 1. The molecule has 3 amide bonds. The number of hydrogen-bond acceptors (Lipinski definition) is 8. The Morgan fingerprint density at radius 1 is 0.821 bits per heavy atom. The van der Waals surface area contributed by atoms with E-state index in [9.17, 15) is 28.8 Å². The number of nitrogens with zero attached hydrogens (tertiary/aromatic N) is 3. The van der Waals surface area contributed by atoms with E-state index in [1.54, 1.807) is 46.2 Å². The fraction of sp³-hybridized carbons (Fsp3) is 0.444. The summed E-state index contributed by atoms with van der Waals surface area (Å²) in [5.41, 5.74) is 4.74. The molecule has 354 valence electrons. The van der Waals surface area contributed by atoms with Gasteiger partial charge in [-0.3, -0.25) is 24.0 Å². The number of carbonyl (C=O) groups excluding carboxylic acids is 6. The predicted molar refractivity (Wildman–Crippen MR) is 265 cm³/mol. The van der Waals surface area contributed by atoms with Gasteiger partial charge in [-0.05, 0) is 78.4 Å². The van der Waals surface area contributed by atoms with Crippen molar-refractivity contribution in [3.8, 4) is 5.75 Å². The number of benzene rings is 4. The van der Waals surface area contributed by atoms with E-state index in [4.69, 9.17) is 16.3 Å². The van der Waals surface area contributed by atoms with Gasteiger partial charge < -0.3 is 29.7 Å². The second-order valence-corrected chi connectivity index (χ2v) is 19.6. The van der Waals surface area contributed by atoms with Crippen LogP contribution in [-0.2, 0) is 27.2 Å². The van der Waals surface area contributed by atoms with Gasteiger partial charge in [0.05, 0.1) is 11.7 Å². The predicted octanol–water partition coefficient (Wildman–Crippen LogP) is 9.54. The first kappa shape index (κ1) is 49.1. The van der Waals surface area contributed by atoms with Crippen molar-refractivity contribution in [2.75, 3.05) is 50.6 Å². The van der Waals surface area contributed by atoms with Gasteiger partial charge in [0.1, 0.15) is 17.2 Å². The van der Waals surface area contributed by atoms with Crippen LogP contribution >= 0.6 is 11.6 Å². The van der Waals surface area contributed by atoms with Crippen molar-refractivity contribution in [3.63, 3.8) is 0 Å². The first-order chi connectivity index (χ1) is 32.1. The second kappa shape index (κ2) is 21.8. The molecule has 0 radical (unpaired) electrons. The van der Waals surface area contributed by atoms with Crippen LogP contribution in [0.1, 0.15) is 110 Å². The smallest absolute Gasteiger partial charge is 0.409 e. The molecule has 7 rings (SSSR count). The molecule has 67 heavy (non-hydrogen) atoms. The highest BCUT2D eigenvalue weighted by Gasteiger charge is 2.36. The summed E-state index contributed by atoms with van der Waals surface area (Å²) < 4.78 is 6.06. The maximum Gasteiger partial charge on any atom is 0.415 e. The number of aromatic nitrogens is 1. The maximum absolute atomic E-state index is 14.4. The van der Waals surface area contributed by atoms with Crippen LogP contribution in [0.5, 0.6) is 5.75 Å². The van der Waals surface area contributed by atoms with Gasteiger partial charge in [0.25, 0.3) is 5.91 Å². The third kappa shape index (κ3) is 11.8. The van der Waals surface area contributed by atoms with Crippen LogP contribution in [0.25, 0.3) is 21.7 Å². The average molecular weight is 931 g/mol. The number of ether oxygens (including phenoxy) is 1. The van der Waals surface area contributed by atoms with E-state index in [1.165, 1.54) is 0 Å². The number of aromatic amines is 1. The summed E-state index contributed by atoms with van der Waals surface area (Å²) >= 11 is 6.56. The minimum absolute atomic E-state index is 0.0645. The Labute approximate surface area is 398 Å². The second-order valence-electron chi connectivity index (χ2n) is 19.3. The lowest BCUT2D eigenvalue weighted by molar-refractivity contribution is -0.133. The van der Waals surface area contributed by atoms with Crippen LogP contribution < -0.4 is 15.0 Å². The van der Waals surface area contributed by atoms with Crippen molar-refractivity contribution in [1.29, 1.82) is 0 Å². The van der Waals surface area contributed by atoms with Gasteiger partial charge in [0, 0.05) is 104 Å². The van der Waals surface area contributed by atoms with Gasteiger partial charge in [-0.25, -0.2) is 4.79 Å². The Kier molecular flexibility index (Phi) is 16.0. The number of carbonyl (C=O) groups is 6. The number of hydrogen-bond donors (Lipinski definition) is 2. The number of Topliss-reactive ketones (excluding diaryl/α,β-unsaturated/α-hetero) is 3. The Bertz CT molecular complexity index is 2630. The van der Waals surface area contributed by atoms with Crippen molar-refractivity contribution in [1.82, 2.24) is 20.1 Å². The van der Waals surface area contributed by atoms with E-state index < -0.39 is 18.1 Å². The Morgan fingerprint density at radius 2 is 1.51 bits per heavy atom. The maximum atomic E-state index is 14.4. The van der Waals surface area contributed by atoms with Gasteiger partial charge in [-0.15, -0.1) is 11.6 Å². The highest BCUT2D eigenvalue weighted by atomic mass is 35.5. The molecule has 1 aromatic heterocycles. The summed E-state index contributed by atoms with van der Waals surface area (Å²) in [4.78, 5) is 89.9. The minimum atomic E-state index is -0.686. The standard InChI is InChI=1S/C54H64ClN5O7/c1-7-10-41(61)28-39(23-33(2)3)52(64)57-45(24-34(4)5)49(63)26-35-13-16-37(17-14-35)48(62)27-36-15-18-44-38(25-36)29-46(56-44)53(65)60-32-40(31-55)51-43-12-9-8-11-42(43)50(30-47(51)60)67-54(66)59-21-19-58(6)20-22-59/h8-9,11-18,25,29-30,33-34,39-40,45,56H,7,10,19-24,26-28,31-32H2,1-6H3,(H,57,64)/t39-,40-,45+/m1/s1. The molecule has 0 bridgehead atoms. The molecular formula is C54H64ClN5O7. The highest BCUT2D eigenvalue weighted by Crippen LogP contribution is 2.46. The van der Waals surface area contributed by atoms with Crippen LogP contribution in [0.15, 0.2) is 78.9 Å². The summed E-state index contributed by atoms with van der Waals surface area (Å²) in [5.74, 6) is -0.193. The lowest BCUT2D eigenvalue weighted by Gasteiger charge is -2.31. The summed E-state index contributed by atoms with van der Waals surface area (Å²) in [5, 5.41) is 5.45. The quantitative estimate of drug-likeness (QED) is 0.0615. The van der Waals surface area contributed by atoms with Crippen molar-refractivity contribution in [3.05, 3.63) is 107 Å².